The molecule has 1 aromatic heterocycles. The van der Waals surface area contributed by atoms with Gasteiger partial charge in [-0.05, 0) is 48.9 Å². The maximum Gasteiger partial charge on any atom is 0.315 e. The zero-order chi connectivity index (χ0) is 23.2. The van der Waals surface area contributed by atoms with Gasteiger partial charge in [0.1, 0.15) is 11.7 Å². The molecule has 0 spiro atoms. The summed E-state index contributed by atoms with van der Waals surface area (Å²) in [7, 11) is 0. The molecule has 1 heterocycles. The summed E-state index contributed by atoms with van der Waals surface area (Å²) in [6.45, 7) is 6.39. The molecule has 0 aliphatic heterocycles. The van der Waals surface area contributed by atoms with Crippen LogP contribution in [-0.4, -0.2) is 22.5 Å². The third-order valence-electron chi connectivity index (χ3n) is 9.95. The Balaban J connectivity index is 1.63. The normalized spacial score (nSPS) is 40.7. The molecule has 2 aromatic rings. The summed E-state index contributed by atoms with van der Waals surface area (Å²) in [4.78, 5) is 26.7. The van der Waals surface area contributed by atoms with Crippen LogP contribution in [0.5, 0.6) is 0 Å². The van der Waals surface area contributed by atoms with E-state index in [0.29, 0.717) is 29.7 Å². The van der Waals surface area contributed by atoms with Crippen LogP contribution in [0.3, 0.4) is 0 Å². The summed E-state index contributed by atoms with van der Waals surface area (Å²) in [5.41, 5.74) is -0.365. The van der Waals surface area contributed by atoms with Crippen molar-refractivity contribution in [3.8, 4) is 11.3 Å². The molecule has 4 bridgehead atoms. The Labute approximate surface area is 194 Å². The minimum absolute atomic E-state index is 0.0253. The van der Waals surface area contributed by atoms with E-state index in [1.165, 1.54) is 0 Å². The molecule has 0 radical (unpaired) electrons. The Morgan fingerprint density at radius 3 is 2.64 bits per heavy atom. The Kier molecular flexibility index (Phi) is 4.23. The topological polar surface area (TPSA) is 80.4 Å². The van der Waals surface area contributed by atoms with Crippen molar-refractivity contribution in [2.45, 2.75) is 51.9 Å². The van der Waals surface area contributed by atoms with Gasteiger partial charge in [-0.2, -0.15) is 0 Å². The number of hydrogen-bond donors (Lipinski definition) is 1. The Morgan fingerprint density at radius 2 is 1.97 bits per heavy atom. The van der Waals surface area contributed by atoms with Gasteiger partial charge in [0, 0.05) is 17.0 Å². The number of rotatable bonds is 5. The maximum atomic E-state index is 13.5. The molecule has 6 rings (SSSR count). The quantitative estimate of drug-likeness (QED) is 0.484. The molecular weight excluding hydrogens is 414 g/mol. The number of carbonyl (C=O) groups is 2. The lowest BCUT2D eigenvalue weighted by molar-refractivity contribution is -0.172. The molecule has 172 valence electrons. The predicted molar refractivity (Wildman–Crippen MR) is 123 cm³/mol. The van der Waals surface area contributed by atoms with Crippen LogP contribution in [0.2, 0.25) is 0 Å². The van der Waals surface area contributed by atoms with Crippen molar-refractivity contribution >= 4 is 12.3 Å². The Morgan fingerprint density at radius 1 is 1.21 bits per heavy atom. The van der Waals surface area contributed by atoms with Crippen LogP contribution < -0.4 is 0 Å². The van der Waals surface area contributed by atoms with Crippen LogP contribution in [0, 0.1) is 40.4 Å². The van der Waals surface area contributed by atoms with E-state index in [0.717, 1.165) is 36.7 Å². The first-order valence-electron chi connectivity index (χ1n) is 12.3. The van der Waals surface area contributed by atoms with Gasteiger partial charge in [0.2, 0.25) is 0 Å². The predicted octanol–water partition coefficient (Wildman–Crippen LogP) is 5.52. The highest BCUT2D eigenvalue weighted by atomic mass is 16.5. The van der Waals surface area contributed by atoms with Crippen molar-refractivity contribution < 1.29 is 19.2 Å². The van der Waals surface area contributed by atoms with Gasteiger partial charge in [0.25, 0.3) is 0 Å². The van der Waals surface area contributed by atoms with Crippen LogP contribution in [0.25, 0.3) is 11.3 Å². The van der Waals surface area contributed by atoms with Crippen molar-refractivity contribution in [2.75, 3.05) is 0 Å². The zero-order valence-electron chi connectivity index (χ0n) is 19.5. The molecule has 1 aromatic carbocycles. The number of hydrogen-bond acceptors (Lipinski definition) is 4. The van der Waals surface area contributed by atoms with E-state index in [4.69, 9.17) is 4.52 Å². The molecule has 4 aliphatic rings. The molecule has 5 nitrogen and oxygen atoms in total. The van der Waals surface area contributed by atoms with Gasteiger partial charge in [-0.25, -0.2) is 0 Å². The van der Waals surface area contributed by atoms with Gasteiger partial charge in [0.15, 0.2) is 5.76 Å². The smallest absolute Gasteiger partial charge is 0.315 e. The van der Waals surface area contributed by atoms with Crippen LogP contribution in [0.15, 0.2) is 52.6 Å². The molecule has 4 aliphatic carbocycles. The zero-order valence-corrected chi connectivity index (χ0v) is 19.5. The summed E-state index contributed by atoms with van der Waals surface area (Å²) in [5, 5.41) is 15.7. The van der Waals surface area contributed by atoms with E-state index >= 15 is 0 Å². The molecule has 33 heavy (non-hydrogen) atoms. The molecule has 3 fully saturated rings. The molecule has 0 amide bonds. The number of carboxylic acid groups (broad SMARTS) is 1. The molecule has 7 atom stereocenters. The fraction of sp³-hybridized carbons (Fsp3) is 0.536. The first-order chi connectivity index (χ1) is 15.8. The summed E-state index contributed by atoms with van der Waals surface area (Å²) >= 11 is 0. The fourth-order valence-corrected chi connectivity index (χ4v) is 8.88. The third kappa shape index (κ3) is 2.17. The second-order valence-corrected chi connectivity index (χ2v) is 11.2. The third-order valence-corrected chi connectivity index (χ3v) is 9.95. The number of fused-ring (bicyclic) bond motifs is 2. The summed E-state index contributed by atoms with van der Waals surface area (Å²) in [6, 6.07) is 11.8. The van der Waals surface area contributed by atoms with E-state index in [9.17, 15) is 14.7 Å². The number of allylic oxidation sites excluding steroid dienone is 1. The average Bonchev–Trinajstić information content (AvgIpc) is 3.54. The van der Waals surface area contributed by atoms with Crippen molar-refractivity contribution in [1.29, 1.82) is 0 Å². The standard InChI is InChI=1S/C28H31NO4/c1-16(2)22-11-19-13-26(15-30)21-10-9-17(3)20(21)14-27(19,28(22,26)25(31)32)24-12-23(33-29-24)18-7-5-4-6-8-18/h4-8,11-12,15-17,19-21H,9-10,13-14H2,1-3H3,(H,31,32)/t17-,19+,20-,21-,26+,27-,28+/m1/s1. The number of benzene rings is 1. The highest BCUT2D eigenvalue weighted by Crippen LogP contribution is 2.82. The SMILES string of the molecule is CC(C)C1=C[C@H]2C[C@]3(C=O)[C@@H]4CC[C@@H](C)[C@H]4C[C@@]2(c2cc(-c4ccccc4)on2)[C@]13C(=O)O. The van der Waals surface area contributed by atoms with Gasteiger partial charge in [0.05, 0.1) is 11.1 Å². The first-order valence-corrected chi connectivity index (χ1v) is 12.3. The number of carboxylic acids is 1. The molecule has 0 saturated heterocycles. The van der Waals surface area contributed by atoms with Crippen LogP contribution >= 0.6 is 0 Å². The molecule has 0 unspecified atom stereocenters. The van der Waals surface area contributed by atoms with Crippen molar-refractivity contribution in [1.82, 2.24) is 5.16 Å². The Bertz CT molecular complexity index is 1170. The van der Waals surface area contributed by atoms with E-state index in [-0.39, 0.29) is 17.8 Å². The van der Waals surface area contributed by atoms with Crippen molar-refractivity contribution in [3.63, 3.8) is 0 Å². The van der Waals surface area contributed by atoms with Crippen molar-refractivity contribution in [2.24, 2.45) is 40.4 Å². The summed E-state index contributed by atoms with van der Waals surface area (Å²) in [6.07, 6.45) is 6.58. The van der Waals surface area contributed by atoms with Crippen LogP contribution in [-0.2, 0) is 15.0 Å². The molecule has 3 saturated carbocycles. The molecular formula is C28H31NO4. The van der Waals surface area contributed by atoms with E-state index in [2.05, 4.69) is 32.0 Å². The van der Waals surface area contributed by atoms with Gasteiger partial charge >= 0.3 is 5.97 Å². The van der Waals surface area contributed by atoms with Crippen molar-refractivity contribution in [3.05, 3.63) is 53.7 Å². The van der Waals surface area contributed by atoms with Gasteiger partial charge in [-0.3, -0.25) is 4.79 Å². The lowest BCUT2D eigenvalue weighted by atomic mass is 9.42. The minimum atomic E-state index is -1.27. The van der Waals surface area contributed by atoms with E-state index < -0.39 is 22.2 Å². The monoisotopic (exact) mass is 445 g/mol. The number of aldehydes is 1. The number of carbonyl (C=O) groups excluding carboxylic acids is 1. The maximum absolute atomic E-state index is 13.5. The lowest BCUT2D eigenvalue weighted by Gasteiger charge is -2.57. The number of aliphatic carboxylic acids is 1. The Hall–Kier alpha value is -2.69. The number of aromatic nitrogens is 1. The van der Waals surface area contributed by atoms with E-state index in [1.54, 1.807) is 0 Å². The molecule has 1 N–H and O–H groups in total. The second-order valence-electron chi connectivity index (χ2n) is 11.2. The average molecular weight is 446 g/mol. The fourth-order valence-electron chi connectivity index (χ4n) is 8.88. The van der Waals surface area contributed by atoms with Gasteiger partial charge in [-0.15, -0.1) is 0 Å². The van der Waals surface area contributed by atoms with Gasteiger partial charge in [-0.1, -0.05) is 74.3 Å². The van der Waals surface area contributed by atoms with Gasteiger partial charge < -0.3 is 14.4 Å². The van der Waals surface area contributed by atoms with Crippen LogP contribution in [0.4, 0.5) is 0 Å². The van der Waals surface area contributed by atoms with Crippen LogP contribution in [0.1, 0.15) is 52.1 Å². The van der Waals surface area contributed by atoms with E-state index in [1.807, 2.05) is 36.4 Å². The summed E-state index contributed by atoms with van der Waals surface area (Å²) in [5.74, 6) is 0.712. The minimum Gasteiger partial charge on any atom is -0.481 e. The largest absolute Gasteiger partial charge is 0.481 e. The highest BCUT2D eigenvalue weighted by Gasteiger charge is 2.85. The second kappa shape index (κ2) is 6.68. The summed E-state index contributed by atoms with van der Waals surface area (Å²) < 4.78 is 5.84. The highest BCUT2D eigenvalue weighted by molar-refractivity contribution is 5.92. The first kappa shape index (κ1) is 20.9. The number of nitrogens with zero attached hydrogens (tertiary/aromatic N) is 1. The lowest BCUT2D eigenvalue weighted by Crippen LogP contribution is -2.64. The molecule has 5 heteroatoms.